The number of hydrogen-bond donors (Lipinski definition) is 1. The maximum atomic E-state index is 11.4. The number of hydroxylamine groups is 2. The molecule has 1 N–H and O–H groups in total. The molecule has 6 nitrogen and oxygen atoms in total. The minimum absolute atomic E-state index is 0.122. The summed E-state index contributed by atoms with van der Waals surface area (Å²) in [5, 5.41) is 11.9. The lowest BCUT2D eigenvalue weighted by Crippen LogP contribution is -2.62. The molecule has 1 aromatic carbocycles. The van der Waals surface area contributed by atoms with Crippen LogP contribution in [-0.4, -0.2) is 52.3 Å². The van der Waals surface area contributed by atoms with Gasteiger partial charge in [0.2, 0.25) is 0 Å². The van der Waals surface area contributed by atoms with Gasteiger partial charge >= 0.3 is 6.16 Å². The number of nitrogens with zero attached hydrogens (tertiary/aromatic N) is 1. The first-order valence-corrected chi connectivity index (χ1v) is 10.5. The Balaban J connectivity index is 0.000000467. The zero-order valence-corrected chi connectivity index (χ0v) is 19.6. The molecule has 1 fully saturated rings. The number of aliphatic hydroxyl groups excluding tert-OH is 1. The number of ether oxygens (including phenoxy) is 2. The minimum atomic E-state index is -0.682. The van der Waals surface area contributed by atoms with Gasteiger partial charge in [0.25, 0.3) is 0 Å². The molecule has 2 rings (SSSR count). The van der Waals surface area contributed by atoms with Crippen molar-refractivity contribution in [2.45, 2.75) is 90.7 Å². The van der Waals surface area contributed by atoms with Gasteiger partial charge in [-0.25, -0.2) is 4.79 Å². The summed E-state index contributed by atoms with van der Waals surface area (Å²) in [4.78, 5) is 17.4. The van der Waals surface area contributed by atoms with Crippen LogP contribution in [-0.2, 0) is 14.3 Å². The highest BCUT2D eigenvalue weighted by atomic mass is 16.7. The van der Waals surface area contributed by atoms with Gasteiger partial charge in [0.1, 0.15) is 12.7 Å². The molecule has 0 amide bonds. The molecular formula is C24H39NO5. The van der Waals surface area contributed by atoms with Crippen LogP contribution in [0.4, 0.5) is 4.79 Å². The summed E-state index contributed by atoms with van der Waals surface area (Å²) >= 11 is 0. The Morgan fingerprint density at radius 1 is 1.17 bits per heavy atom. The van der Waals surface area contributed by atoms with Gasteiger partial charge in [-0.05, 0) is 66.9 Å². The van der Waals surface area contributed by atoms with E-state index < -0.39 is 6.16 Å². The predicted octanol–water partition coefficient (Wildman–Crippen LogP) is 5.21. The SMILES string of the molecule is C=Cc1ccccc1.CC(C)OC(=O)OCC(C)ON1C(C)(C)CC(O)CC1(C)C. The number of benzene rings is 1. The number of rotatable bonds is 6. The molecule has 1 saturated heterocycles. The smallest absolute Gasteiger partial charge is 0.432 e. The maximum Gasteiger partial charge on any atom is 0.508 e. The van der Waals surface area contributed by atoms with Crippen LogP contribution in [0.1, 0.15) is 66.9 Å². The molecule has 6 heteroatoms. The molecule has 1 aliphatic rings. The Hall–Kier alpha value is -1.89. The second kappa shape index (κ2) is 11.5. The lowest BCUT2D eigenvalue weighted by Gasteiger charge is -2.53. The van der Waals surface area contributed by atoms with Crippen molar-refractivity contribution < 1.29 is 24.2 Å². The van der Waals surface area contributed by atoms with E-state index in [0.29, 0.717) is 12.8 Å². The zero-order chi connectivity index (χ0) is 22.9. The van der Waals surface area contributed by atoms with Crippen molar-refractivity contribution in [1.29, 1.82) is 0 Å². The zero-order valence-electron chi connectivity index (χ0n) is 19.6. The molecular weight excluding hydrogens is 382 g/mol. The summed E-state index contributed by atoms with van der Waals surface area (Å²) in [6.07, 6.45) is 1.59. The van der Waals surface area contributed by atoms with Crippen molar-refractivity contribution in [3.05, 3.63) is 42.5 Å². The first kappa shape index (κ1) is 26.1. The Labute approximate surface area is 181 Å². The molecule has 170 valence electrons. The van der Waals surface area contributed by atoms with Crippen molar-refractivity contribution >= 4 is 12.2 Å². The van der Waals surface area contributed by atoms with E-state index in [4.69, 9.17) is 14.3 Å². The van der Waals surface area contributed by atoms with Gasteiger partial charge in [-0.15, -0.1) is 0 Å². The molecule has 30 heavy (non-hydrogen) atoms. The molecule has 0 bridgehead atoms. The van der Waals surface area contributed by atoms with Crippen LogP contribution in [0.25, 0.3) is 6.08 Å². The molecule has 1 unspecified atom stereocenters. The van der Waals surface area contributed by atoms with E-state index in [1.165, 1.54) is 5.56 Å². The fraction of sp³-hybridized carbons (Fsp3) is 0.625. The van der Waals surface area contributed by atoms with Crippen LogP contribution in [0.2, 0.25) is 0 Å². The van der Waals surface area contributed by atoms with Gasteiger partial charge in [0, 0.05) is 11.1 Å². The lowest BCUT2D eigenvalue weighted by atomic mass is 9.80. The van der Waals surface area contributed by atoms with Gasteiger partial charge in [-0.2, -0.15) is 5.06 Å². The standard InChI is InChI=1S/C16H31NO5.C8H8/c1-11(2)21-14(19)20-10-12(3)22-17-15(4,5)8-13(18)9-16(17,6)7;1-2-8-6-4-3-5-7-8/h11-13,18H,8-10H2,1-7H3;2-7H,1H2. The van der Waals surface area contributed by atoms with Crippen LogP contribution >= 0.6 is 0 Å². The number of aliphatic hydroxyl groups is 1. The highest BCUT2D eigenvalue weighted by Crippen LogP contribution is 2.39. The lowest BCUT2D eigenvalue weighted by molar-refractivity contribution is -0.314. The molecule has 1 aromatic rings. The third-order valence-electron chi connectivity index (χ3n) is 4.66. The number of carbonyl (C=O) groups excluding carboxylic acids is 1. The number of hydrogen-bond acceptors (Lipinski definition) is 6. The summed E-state index contributed by atoms with van der Waals surface area (Å²) in [6.45, 7) is 17.3. The van der Waals surface area contributed by atoms with E-state index in [2.05, 4.69) is 6.58 Å². The first-order chi connectivity index (χ1) is 13.9. The van der Waals surface area contributed by atoms with Gasteiger partial charge in [0.05, 0.1) is 12.2 Å². The van der Waals surface area contributed by atoms with Crippen molar-refractivity contribution in [2.75, 3.05) is 6.61 Å². The average Bonchev–Trinajstić information content (AvgIpc) is 2.63. The summed E-state index contributed by atoms with van der Waals surface area (Å²) in [7, 11) is 0. The molecule has 0 aliphatic carbocycles. The van der Waals surface area contributed by atoms with E-state index >= 15 is 0 Å². The maximum absolute atomic E-state index is 11.4. The third kappa shape index (κ3) is 8.86. The number of carbonyl (C=O) groups is 1. The molecule has 0 radical (unpaired) electrons. The van der Waals surface area contributed by atoms with Crippen molar-refractivity contribution in [1.82, 2.24) is 5.06 Å². The van der Waals surface area contributed by atoms with E-state index in [1.807, 2.05) is 76.1 Å². The molecule has 0 spiro atoms. The van der Waals surface area contributed by atoms with E-state index in [-0.39, 0.29) is 36.0 Å². The van der Waals surface area contributed by atoms with E-state index in [9.17, 15) is 9.90 Å². The van der Waals surface area contributed by atoms with Crippen LogP contribution in [0.15, 0.2) is 36.9 Å². The monoisotopic (exact) mass is 421 g/mol. The predicted molar refractivity (Wildman–Crippen MR) is 120 cm³/mol. The highest BCUT2D eigenvalue weighted by Gasteiger charge is 2.46. The second-order valence-electron chi connectivity index (χ2n) is 9.24. The summed E-state index contributed by atoms with van der Waals surface area (Å²) < 4.78 is 9.97. The van der Waals surface area contributed by atoms with Gasteiger partial charge in [-0.3, -0.25) is 4.84 Å². The quantitative estimate of drug-likeness (QED) is 0.636. The minimum Gasteiger partial charge on any atom is -0.432 e. The van der Waals surface area contributed by atoms with E-state index in [1.54, 1.807) is 13.8 Å². The van der Waals surface area contributed by atoms with Gasteiger partial charge in [0.15, 0.2) is 0 Å². The Morgan fingerprint density at radius 3 is 2.13 bits per heavy atom. The second-order valence-corrected chi connectivity index (χ2v) is 9.24. The summed E-state index contributed by atoms with van der Waals surface area (Å²) in [5.74, 6) is 0. The van der Waals surface area contributed by atoms with Crippen molar-refractivity contribution in [3.63, 3.8) is 0 Å². The normalized spacial score (nSPS) is 19.4. The Kier molecular flexibility index (Phi) is 10.0. The van der Waals surface area contributed by atoms with Gasteiger partial charge in [-0.1, -0.05) is 43.0 Å². The van der Waals surface area contributed by atoms with Crippen LogP contribution in [0.5, 0.6) is 0 Å². The van der Waals surface area contributed by atoms with Crippen LogP contribution in [0, 0.1) is 0 Å². The highest BCUT2D eigenvalue weighted by molar-refractivity contribution is 5.60. The summed E-state index contributed by atoms with van der Waals surface area (Å²) in [5.41, 5.74) is 0.578. The van der Waals surface area contributed by atoms with Crippen molar-refractivity contribution in [2.24, 2.45) is 0 Å². The number of piperidine rings is 1. The molecule has 0 saturated carbocycles. The Bertz CT molecular complexity index is 639. The first-order valence-electron chi connectivity index (χ1n) is 10.5. The third-order valence-corrected chi connectivity index (χ3v) is 4.66. The average molecular weight is 422 g/mol. The molecule has 0 aromatic heterocycles. The Morgan fingerprint density at radius 2 is 1.70 bits per heavy atom. The van der Waals surface area contributed by atoms with Crippen LogP contribution < -0.4 is 0 Å². The fourth-order valence-electron chi connectivity index (χ4n) is 3.71. The topological polar surface area (TPSA) is 68.2 Å². The fourth-order valence-corrected chi connectivity index (χ4v) is 3.71. The van der Waals surface area contributed by atoms with Gasteiger partial charge < -0.3 is 14.6 Å². The summed E-state index contributed by atoms with van der Waals surface area (Å²) in [6, 6.07) is 10.0. The van der Waals surface area contributed by atoms with E-state index in [0.717, 1.165) is 0 Å². The molecule has 1 heterocycles. The molecule has 1 atom stereocenters. The molecule has 1 aliphatic heterocycles. The van der Waals surface area contributed by atoms with Crippen LogP contribution in [0.3, 0.4) is 0 Å². The largest absolute Gasteiger partial charge is 0.508 e. The van der Waals surface area contributed by atoms with Crippen molar-refractivity contribution in [3.8, 4) is 0 Å².